The summed E-state index contributed by atoms with van der Waals surface area (Å²) in [6, 6.07) is 0.0996. The van der Waals surface area contributed by atoms with Crippen LogP contribution in [0.2, 0.25) is 0 Å². The van der Waals surface area contributed by atoms with E-state index in [4.69, 9.17) is 10.5 Å². The van der Waals surface area contributed by atoms with Crippen molar-refractivity contribution in [3.8, 4) is 0 Å². The Balaban J connectivity index is 2.44. The number of nitrogens with zero attached hydrogens (tertiary/aromatic N) is 1. The number of piperidine rings is 1. The molecule has 0 bridgehead atoms. The number of nitrogens with two attached hydrogens (primary N) is 1. The normalized spacial score (nSPS) is 27.9. The van der Waals surface area contributed by atoms with Gasteiger partial charge in [-0.2, -0.15) is 0 Å². The van der Waals surface area contributed by atoms with E-state index in [1.165, 1.54) is 0 Å². The summed E-state index contributed by atoms with van der Waals surface area (Å²) in [5, 5.41) is 0. The molecule has 4 heteroatoms. The molecule has 2 atom stereocenters. The van der Waals surface area contributed by atoms with Gasteiger partial charge in [-0.1, -0.05) is 0 Å². The Morgan fingerprint density at radius 2 is 2.31 bits per heavy atom. The third-order valence-electron chi connectivity index (χ3n) is 3.32. The van der Waals surface area contributed by atoms with Gasteiger partial charge in [0.15, 0.2) is 0 Å². The predicted molar refractivity (Wildman–Crippen MR) is 64.1 cm³/mol. The zero-order valence-corrected chi connectivity index (χ0v) is 10.7. The fraction of sp³-hybridized carbons (Fsp3) is 0.917. The molecule has 1 aliphatic heterocycles. The lowest BCUT2D eigenvalue weighted by Gasteiger charge is -2.39. The van der Waals surface area contributed by atoms with Gasteiger partial charge in [0.2, 0.25) is 5.91 Å². The van der Waals surface area contributed by atoms with Gasteiger partial charge in [0.1, 0.15) is 0 Å². The smallest absolute Gasteiger partial charge is 0.222 e. The van der Waals surface area contributed by atoms with Crippen molar-refractivity contribution >= 4 is 5.91 Å². The Bertz CT molecular complexity index is 243. The maximum Gasteiger partial charge on any atom is 0.222 e. The van der Waals surface area contributed by atoms with E-state index in [-0.39, 0.29) is 17.6 Å². The minimum absolute atomic E-state index is 0.0996. The summed E-state index contributed by atoms with van der Waals surface area (Å²) >= 11 is 0. The molecular formula is C12H24N2O2. The second kappa shape index (κ2) is 5.64. The topological polar surface area (TPSA) is 55.6 Å². The fourth-order valence-corrected chi connectivity index (χ4v) is 2.09. The van der Waals surface area contributed by atoms with Crippen LogP contribution in [0.15, 0.2) is 0 Å². The molecule has 0 saturated carbocycles. The molecule has 1 fully saturated rings. The highest BCUT2D eigenvalue weighted by Crippen LogP contribution is 2.24. The molecule has 0 aliphatic carbocycles. The van der Waals surface area contributed by atoms with Crippen LogP contribution in [-0.4, -0.2) is 42.6 Å². The van der Waals surface area contributed by atoms with Crippen LogP contribution in [-0.2, 0) is 9.53 Å². The lowest BCUT2D eigenvalue weighted by molar-refractivity contribution is -0.139. The number of amides is 1. The van der Waals surface area contributed by atoms with Crippen molar-refractivity contribution in [2.75, 3.05) is 20.2 Å². The van der Waals surface area contributed by atoms with Crippen molar-refractivity contribution in [3.63, 3.8) is 0 Å². The highest BCUT2D eigenvalue weighted by Gasteiger charge is 2.32. The van der Waals surface area contributed by atoms with Gasteiger partial charge in [0.25, 0.3) is 0 Å². The molecule has 1 amide bonds. The Kier molecular flexibility index (Phi) is 4.74. The molecule has 1 aliphatic rings. The van der Waals surface area contributed by atoms with Gasteiger partial charge in [-0.3, -0.25) is 4.79 Å². The van der Waals surface area contributed by atoms with Crippen LogP contribution >= 0.6 is 0 Å². The lowest BCUT2D eigenvalue weighted by Crippen LogP contribution is -2.49. The molecule has 16 heavy (non-hydrogen) atoms. The van der Waals surface area contributed by atoms with Crippen LogP contribution in [0.4, 0.5) is 0 Å². The molecule has 2 N–H and O–H groups in total. The van der Waals surface area contributed by atoms with Gasteiger partial charge in [0, 0.05) is 32.7 Å². The van der Waals surface area contributed by atoms with Crippen molar-refractivity contribution < 1.29 is 9.53 Å². The van der Waals surface area contributed by atoms with E-state index < -0.39 is 0 Å². The minimum Gasteiger partial charge on any atom is -0.377 e. The van der Waals surface area contributed by atoms with Crippen LogP contribution in [0, 0.1) is 0 Å². The second-order valence-electron chi connectivity index (χ2n) is 5.09. The van der Waals surface area contributed by atoms with Gasteiger partial charge in [-0.25, -0.2) is 0 Å². The highest BCUT2D eigenvalue weighted by molar-refractivity contribution is 5.76. The third kappa shape index (κ3) is 3.76. The SMILES string of the molecule is COC1(C)CCCN(C(=O)CCC(C)N)C1. The maximum absolute atomic E-state index is 11.9. The molecular weight excluding hydrogens is 204 g/mol. The van der Waals surface area contributed by atoms with Crippen LogP contribution in [0.5, 0.6) is 0 Å². The van der Waals surface area contributed by atoms with Crippen LogP contribution in [0.25, 0.3) is 0 Å². The minimum atomic E-state index is -0.164. The summed E-state index contributed by atoms with van der Waals surface area (Å²) in [7, 11) is 1.72. The van der Waals surface area contributed by atoms with E-state index >= 15 is 0 Å². The van der Waals surface area contributed by atoms with E-state index in [1.807, 2.05) is 11.8 Å². The van der Waals surface area contributed by atoms with Crippen molar-refractivity contribution in [1.29, 1.82) is 0 Å². The van der Waals surface area contributed by atoms with Crippen LogP contribution < -0.4 is 5.73 Å². The summed E-state index contributed by atoms with van der Waals surface area (Å²) in [5.74, 6) is 0.209. The van der Waals surface area contributed by atoms with E-state index in [9.17, 15) is 4.79 Å². The number of likely N-dealkylation sites (tertiary alicyclic amines) is 1. The summed E-state index contributed by atoms with van der Waals surface area (Å²) in [6.45, 7) is 5.57. The first-order valence-electron chi connectivity index (χ1n) is 6.05. The van der Waals surface area contributed by atoms with Gasteiger partial charge in [-0.15, -0.1) is 0 Å². The number of carbonyl (C=O) groups excluding carboxylic acids is 1. The van der Waals surface area contributed by atoms with E-state index in [0.29, 0.717) is 13.0 Å². The Hall–Kier alpha value is -0.610. The standard InChI is InChI=1S/C12H24N2O2/c1-10(13)5-6-11(15)14-8-4-7-12(2,9-14)16-3/h10H,4-9,13H2,1-3H3. The predicted octanol–water partition coefficient (Wildman–Crippen LogP) is 1.14. The van der Waals surface area contributed by atoms with E-state index in [0.717, 1.165) is 25.8 Å². The van der Waals surface area contributed by atoms with Gasteiger partial charge in [-0.05, 0) is 33.1 Å². The molecule has 1 rings (SSSR count). The van der Waals surface area contributed by atoms with Gasteiger partial charge >= 0.3 is 0 Å². The molecule has 0 spiro atoms. The van der Waals surface area contributed by atoms with Gasteiger partial charge in [0.05, 0.1) is 5.60 Å². The molecule has 1 saturated heterocycles. The fourth-order valence-electron chi connectivity index (χ4n) is 2.09. The van der Waals surface area contributed by atoms with E-state index in [1.54, 1.807) is 7.11 Å². The quantitative estimate of drug-likeness (QED) is 0.785. The number of carbonyl (C=O) groups is 1. The molecule has 0 aromatic rings. The van der Waals surface area contributed by atoms with Crippen molar-refractivity contribution in [3.05, 3.63) is 0 Å². The lowest BCUT2D eigenvalue weighted by atomic mass is 9.94. The molecule has 4 nitrogen and oxygen atoms in total. The summed E-state index contributed by atoms with van der Waals surface area (Å²) in [5.41, 5.74) is 5.49. The monoisotopic (exact) mass is 228 g/mol. The van der Waals surface area contributed by atoms with Crippen molar-refractivity contribution in [1.82, 2.24) is 4.90 Å². The average Bonchev–Trinajstić information content (AvgIpc) is 2.26. The number of hydrogen-bond donors (Lipinski definition) is 1. The molecule has 0 aromatic carbocycles. The largest absolute Gasteiger partial charge is 0.377 e. The number of ether oxygens (including phenoxy) is 1. The number of rotatable bonds is 4. The highest BCUT2D eigenvalue weighted by atomic mass is 16.5. The maximum atomic E-state index is 11.9. The zero-order valence-electron chi connectivity index (χ0n) is 10.7. The Morgan fingerprint density at radius 3 is 2.88 bits per heavy atom. The molecule has 94 valence electrons. The third-order valence-corrected chi connectivity index (χ3v) is 3.32. The van der Waals surface area contributed by atoms with Crippen LogP contribution in [0.3, 0.4) is 0 Å². The Labute approximate surface area is 98.1 Å². The molecule has 0 radical (unpaired) electrons. The van der Waals surface area contributed by atoms with Crippen molar-refractivity contribution in [2.45, 2.75) is 51.2 Å². The first-order chi connectivity index (χ1) is 7.47. The van der Waals surface area contributed by atoms with Crippen LogP contribution in [0.1, 0.15) is 39.5 Å². The van der Waals surface area contributed by atoms with Crippen molar-refractivity contribution in [2.24, 2.45) is 5.73 Å². The number of methoxy groups -OCH3 is 1. The van der Waals surface area contributed by atoms with E-state index in [2.05, 4.69) is 6.92 Å². The average molecular weight is 228 g/mol. The molecule has 1 heterocycles. The van der Waals surface area contributed by atoms with Gasteiger partial charge < -0.3 is 15.4 Å². The Morgan fingerprint density at radius 1 is 1.62 bits per heavy atom. The first-order valence-corrected chi connectivity index (χ1v) is 6.05. The summed E-state index contributed by atoms with van der Waals surface area (Å²) < 4.78 is 5.47. The molecule has 2 unspecified atom stereocenters. The zero-order chi connectivity index (χ0) is 12.2. The number of hydrogen-bond acceptors (Lipinski definition) is 3. The second-order valence-corrected chi connectivity index (χ2v) is 5.09. The summed E-state index contributed by atoms with van der Waals surface area (Å²) in [6.07, 6.45) is 3.37. The molecule has 0 aromatic heterocycles. The first kappa shape index (κ1) is 13.5. The summed E-state index contributed by atoms with van der Waals surface area (Å²) in [4.78, 5) is 13.8.